The average molecular weight is 258 g/mol. The van der Waals surface area contributed by atoms with Crippen LogP contribution in [0.3, 0.4) is 0 Å². The van der Waals surface area contributed by atoms with E-state index in [9.17, 15) is 5.11 Å². The Bertz CT molecular complexity index is 538. The van der Waals surface area contributed by atoms with Gasteiger partial charge in [-0.05, 0) is 50.4 Å². The number of para-hydroxylation sites is 1. The van der Waals surface area contributed by atoms with Gasteiger partial charge in [0.25, 0.3) is 0 Å². The molecule has 1 aromatic heterocycles. The number of rotatable bonds is 3. The van der Waals surface area contributed by atoms with Crippen LogP contribution in [0.25, 0.3) is 10.9 Å². The fraction of sp³-hybridized carbons (Fsp3) is 0.500. The van der Waals surface area contributed by atoms with Crippen LogP contribution in [0.15, 0.2) is 30.5 Å². The number of hydrogen-bond donors (Lipinski definition) is 2. The average Bonchev–Trinajstić information content (AvgIpc) is 2.83. The summed E-state index contributed by atoms with van der Waals surface area (Å²) < 4.78 is 0. The van der Waals surface area contributed by atoms with Crippen LogP contribution in [-0.4, -0.2) is 40.7 Å². The molecule has 3 nitrogen and oxygen atoms in total. The molecule has 1 atom stereocenters. The number of aliphatic hydroxyl groups excluding tert-OH is 1. The highest BCUT2D eigenvalue weighted by Gasteiger charge is 2.23. The maximum Gasteiger partial charge on any atom is 0.0639 e. The number of aliphatic hydroxyl groups is 1. The minimum atomic E-state index is -0.218. The van der Waals surface area contributed by atoms with Crippen LogP contribution in [0, 0.1) is 0 Å². The first-order valence-corrected chi connectivity index (χ1v) is 7.20. The van der Waals surface area contributed by atoms with Gasteiger partial charge in [0.15, 0.2) is 0 Å². The molecule has 1 aliphatic rings. The van der Waals surface area contributed by atoms with Gasteiger partial charge in [0.1, 0.15) is 0 Å². The fourth-order valence-corrected chi connectivity index (χ4v) is 3.23. The van der Waals surface area contributed by atoms with Gasteiger partial charge in [0, 0.05) is 23.6 Å². The van der Waals surface area contributed by atoms with Crippen LogP contribution >= 0.6 is 0 Å². The smallest absolute Gasteiger partial charge is 0.0639 e. The van der Waals surface area contributed by atoms with Crippen LogP contribution in [0.5, 0.6) is 0 Å². The predicted octanol–water partition coefficient (Wildman–Crippen LogP) is 2.73. The minimum absolute atomic E-state index is 0.218. The Kier molecular flexibility index (Phi) is 3.58. The largest absolute Gasteiger partial charge is 0.392 e. The highest BCUT2D eigenvalue weighted by molar-refractivity contribution is 5.83. The number of H-pyrrole nitrogens is 1. The lowest BCUT2D eigenvalue weighted by Gasteiger charge is -2.32. The number of benzene rings is 1. The zero-order valence-corrected chi connectivity index (χ0v) is 11.5. The van der Waals surface area contributed by atoms with Crippen LogP contribution in [-0.2, 0) is 0 Å². The van der Waals surface area contributed by atoms with Crippen molar-refractivity contribution in [3.63, 3.8) is 0 Å². The standard InChI is InChI=1S/C16H22N2O/c1-12(19)11-18-8-6-13(7-9-18)15-10-17-16-5-3-2-4-14(15)16/h2-5,10,12-13,17,19H,6-9,11H2,1H3. The number of aromatic nitrogens is 1. The number of fused-ring (bicyclic) bond motifs is 1. The van der Waals surface area contributed by atoms with E-state index in [1.165, 1.54) is 29.3 Å². The Morgan fingerprint density at radius 1 is 1.32 bits per heavy atom. The second kappa shape index (κ2) is 5.35. The molecule has 0 amide bonds. The molecule has 1 saturated heterocycles. The molecule has 3 heteroatoms. The van der Waals surface area contributed by atoms with E-state index in [-0.39, 0.29) is 6.10 Å². The van der Waals surface area contributed by atoms with Crippen LogP contribution < -0.4 is 0 Å². The highest BCUT2D eigenvalue weighted by atomic mass is 16.3. The van der Waals surface area contributed by atoms with Gasteiger partial charge in [-0.1, -0.05) is 18.2 Å². The summed E-state index contributed by atoms with van der Waals surface area (Å²) in [7, 11) is 0. The molecule has 1 unspecified atom stereocenters. The normalized spacial score (nSPS) is 19.9. The summed E-state index contributed by atoms with van der Waals surface area (Å²) in [5, 5.41) is 10.8. The fourth-order valence-electron chi connectivity index (χ4n) is 3.23. The molecule has 2 aromatic rings. The van der Waals surface area contributed by atoms with Crippen molar-refractivity contribution in [3.8, 4) is 0 Å². The first-order valence-electron chi connectivity index (χ1n) is 7.20. The maximum atomic E-state index is 9.45. The van der Waals surface area contributed by atoms with Crippen molar-refractivity contribution in [3.05, 3.63) is 36.0 Å². The summed E-state index contributed by atoms with van der Waals surface area (Å²) in [6.45, 7) is 4.86. The van der Waals surface area contributed by atoms with Gasteiger partial charge in [0.05, 0.1) is 6.10 Å². The highest BCUT2D eigenvalue weighted by Crippen LogP contribution is 2.32. The van der Waals surface area contributed by atoms with E-state index < -0.39 is 0 Å². The van der Waals surface area contributed by atoms with E-state index in [2.05, 4.69) is 40.3 Å². The molecule has 0 radical (unpaired) electrons. The number of piperidine rings is 1. The monoisotopic (exact) mass is 258 g/mol. The van der Waals surface area contributed by atoms with Crippen LogP contribution in [0.2, 0.25) is 0 Å². The van der Waals surface area contributed by atoms with Crippen LogP contribution in [0.4, 0.5) is 0 Å². The van der Waals surface area contributed by atoms with Crippen molar-refractivity contribution in [2.75, 3.05) is 19.6 Å². The molecular weight excluding hydrogens is 236 g/mol. The van der Waals surface area contributed by atoms with E-state index in [1.807, 2.05) is 6.92 Å². The van der Waals surface area contributed by atoms with E-state index in [1.54, 1.807) is 0 Å². The Labute approximate surface area is 114 Å². The summed E-state index contributed by atoms with van der Waals surface area (Å²) in [6.07, 6.45) is 4.34. The number of aromatic amines is 1. The van der Waals surface area contributed by atoms with Crippen molar-refractivity contribution >= 4 is 10.9 Å². The summed E-state index contributed by atoms with van der Waals surface area (Å²) in [5.74, 6) is 0.654. The summed E-state index contributed by atoms with van der Waals surface area (Å²) in [6, 6.07) is 8.54. The van der Waals surface area contributed by atoms with Gasteiger partial charge in [-0.25, -0.2) is 0 Å². The van der Waals surface area contributed by atoms with Crippen molar-refractivity contribution < 1.29 is 5.11 Å². The maximum absolute atomic E-state index is 9.45. The van der Waals surface area contributed by atoms with E-state index in [4.69, 9.17) is 0 Å². The lowest BCUT2D eigenvalue weighted by Crippen LogP contribution is -2.37. The first-order chi connectivity index (χ1) is 9.24. The van der Waals surface area contributed by atoms with Gasteiger partial charge in [-0.2, -0.15) is 0 Å². The molecule has 1 fully saturated rings. The summed E-state index contributed by atoms with van der Waals surface area (Å²) in [5.41, 5.74) is 2.70. The van der Waals surface area contributed by atoms with E-state index >= 15 is 0 Å². The molecule has 2 heterocycles. The van der Waals surface area contributed by atoms with Gasteiger partial charge >= 0.3 is 0 Å². The zero-order chi connectivity index (χ0) is 13.2. The summed E-state index contributed by atoms with van der Waals surface area (Å²) in [4.78, 5) is 5.75. The number of nitrogens with zero attached hydrogens (tertiary/aromatic N) is 1. The van der Waals surface area contributed by atoms with Crippen molar-refractivity contribution in [2.45, 2.75) is 31.8 Å². The lowest BCUT2D eigenvalue weighted by atomic mass is 9.89. The quantitative estimate of drug-likeness (QED) is 0.888. The van der Waals surface area contributed by atoms with E-state index in [0.29, 0.717) is 5.92 Å². The second-order valence-corrected chi connectivity index (χ2v) is 5.71. The molecule has 2 N–H and O–H groups in total. The number of nitrogens with one attached hydrogen (secondary N) is 1. The molecule has 0 aliphatic carbocycles. The predicted molar refractivity (Wildman–Crippen MR) is 78.4 cm³/mol. The van der Waals surface area contributed by atoms with Gasteiger partial charge in [-0.3, -0.25) is 0 Å². The molecule has 1 aliphatic heterocycles. The topological polar surface area (TPSA) is 39.3 Å². The zero-order valence-electron chi connectivity index (χ0n) is 11.5. The van der Waals surface area contributed by atoms with Gasteiger partial charge in [-0.15, -0.1) is 0 Å². The number of likely N-dealkylation sites (tertiary alicyclic amines) is 1. The van der Waals surface area contributed by atoms with Gasteiger partial charge < -0.3 is 15.0 Å². The molecule has 0 saturated carbocycles. The minimum Gasteiger partial charge on any atom is -0.392 e. The molecule has 0 spiro atoms. The molecule has 102 valence electrons. The van der Waals surface area contributed by atoms with Crippen LogP contribution in [0.1, 0.15) is 31.2 Å². The summed E-state index contributed by atoms with van der Waals surface area (Å²) >= 11 is 0. The molecule has 3 rings (SSSR count). The second-order valence-electron chi connectivity index (χ2n) is 5.71. The number of β-amino-alcohol motifs (C(OH)–C–C–N with tert-alkyl or cyclic N) is 1. The Morgan fingerprint density at radius 2 is 2.05 bits per heavy atom. The third-order valence-electron chi connectivity index (χ3n) is 4.17. The molecule has 19 heavy (non-hydrogen) atoms. The molecule has 0 bridgehead atoms. The molecule has 1 aromatic carbocycles. The van der Waals surface area contributed by atoms with Crippen molar-refractivity contribution in [1.29, 1.82) is 0 Å². The van der Waals surface area contributed by atoms with Gasteiger partial charge in [0.2, 0.25) is 0 Å². The lowest BCUT2D eigenvalue weighted by molar-refractivity contribution is 0.109. The third-order valence-corrected chi connectivity index (χ3v) is 4.17. The first kappa shape index (κ1) is 12.7. The van der Waals surface area contributed by atoms with E-state index in [0.717, 1.165) is 19.6 Å². The SMILES string of the molecule is CC(O)CN1CCC(c2c[nH]c3ccccc23)CC1. The van der Waals surface area contributed by atoms with Crippen molar-refractivity contribution in [2.24, 2.45) is 0 Å². The Balaban J connectivity index is 1.71. The Morgan fingerprint density at radius 3 is 2.79 bits per heavy atom. The molecular formula is C16H22N2O. The Hall–Kier alpha value is -1.32. The van der Waals surface area contributed by atoms with Crippen molar-refractivity contribution in [1.82, 2.24) is 9.88 Å². The number of hydrogen-bond acceptors (Lipinski definition) is 2. The third kappa shape index (κ3) is 2.67.